The first kappa shape index (κ1) is 20.8. The number of hydrogen-bond donors (Lipinski definition) is 2. The minimum atomic E-state index is -0.843. The van der Waals surface area contributed by atoms with Gasteiger partial charge in [0.15, 0.2) is 0 Å². The van der Waals surface area contributed by atoms with E-state index in [1.807, 2.05) is 97.1 Å². The molecule has 0 atom stereocenters. The molecule has 0 radical (unpaired) electrons. The van der Waals surface area contributed by atoms with E-state index in [0.717, 1.165) is 27.8 Å². The summed E-state index contributed by atoms with van der Waals surface area (Å²) in [5.41, 5.74) is 7.62. The molecule has 5 nitrogen and oxygen atoms in total. The van der Waals surface area contributed by atoms with Gasteiger partial charge in [-0.15, -0.1) is 0 Å². The fourth-order valence-corrected chi connectivity index (χ4v) is 3.25. The zero-order valence-corrected chi connectivity index (χ0v) is 17.2. The highest BCUT2D eigenvalue weighted by Crippen LogP contribution is 2.27. The van der Waals surface area contributed by atoms with Crippen molar-refractivity contribution in [3.05, 3.63) is 115 Å². The summed E-state index contributed by atoms with van der Waals surface area (Å²) < 4.78 is 0. The molecular formula is C27H21N3O2. The molecule has 0 aliphatic heterocycles. The highest BCUT2D eigenvalue weighted by Gasteiger charge is 2.15. The third kappa shape index (κ3) is 5.15. The van der Waals surface area contributed by atoms with Crippen LogP contribution in [0, 0.1) is 0 Å². The molecule has 156 valence electrons. The maximum Gasteiger partial charge on any atom is 0.329 e. The summed E-state index contributed by atoms with van der Waals surface area (Å²) in [5, 5.41) is 6.56. The molecule has 4 aromatic rings. The second kappa shape index (κ2) is 10.00. The van der Waals surface area contributed by atoms with Crippen molar-refractivity contribution in [1.82, 2.24) is 5.43 Å². The van der Waals surface area contributed by atoms with Gasteiger partial charge in [-0.1, -0.05) is 103 Å². The number of carbonyl (C=O) groups is 2. The van der Waals surface area contributed by atoms with Crippen LogP contribution in [-0.2, 0) is 9.59 Å². The van der Waals surface area contributed by atoms with Crippen molar-refractivity contribution < 1.29 is 9.59 Å². The third-order valence-electron chi connectivity index (χ3n) is 4.86. The largest absolute Gasteiger partial charge is 0.329 e. The number of hydrogen-bond acceptors (Lipinski definition) is 3. The molecule has 2 amide bonds. The first-order chi connectivity index (χ1) is 15.7. The zero-order chi connectivity index (χ0) is 22.2. The number of rotatable bonds is 5. The van der Waals surface area contributed by atoms with E-state index in [-0.39, 0.29) is 0 Å². The van der Waals surface area contributed by atoms with Crippen molar-refractivity contribution in [1.29, 1.82) is 0 Å². The van der Waals surface area contributed by atoms with E-state index in [1.54, 1.807) is 12.1 Å². The summed E-state index contributed by atoms with van der Waals surface area (Å²) in [4.78, 5) is 24.5. The standard InChI is InChI=1S/C27H21N3O2/c31-26(29-25-14-8-7-13-24(25)23-11-5-2-6-12-23)27(32)30-28-19-20-15-17-22(18-16-20)21-9-3-1-4-10-21/h1-19H,(H,29,31)(H,30,32)/b28-19-. The number of carbonyl (C=O) groups excluding carboxylic acids is 2. The predicted octanol–water partition coefficient (Wildman–Crippen LogP) is 5.11. The fraction of sp³-hybridized carbons (Fsp3) is 0. The van der Waals surface area contributed by atoms with Crippen molar-refractivity contribution in [2.45, 2.75) is 0 Å². The molecule has 0 spiro atoms. The van der Waals surface area contributed by atoms with Gasteiger partial charge in [-0.3, -0.25) is 9.59 Å². The number of nitrogens with zero attached hydrogens (tertiary/aromatic N) is 1. The van der Waals surface area contributed by atoms with Crippen LogP contribution in [0.3, 0.4) is 0 Å². The summed E-state index contributed by atoms with van der Waals surface area (Å²) in [6, 6.07) is 34.8. The molecule has 4 aromatic carbocycles. The van der Waals surface area contributed by atoms with Crippen molar-refractivity contribution in [3.63, 3.8) is 0 Å². The number of para-hydroxylation sites is 1. The van der Waals surface area contributed by atoms with E-state index >= 15 is 0 Å². The molecule has 5 heteroatoms. The molecular weight excluding hydrogens is 398 g/mol. The van der Waals surface area contributed by atoms with Crippen LogP contribution in [0.25, 0.3) is 22.3 Å². The van der Waals surface area contributed by atoms with E-state index in [2.05, 4.69) is 15.8 Å². The Morgan fingerprint density at radius 1 is 0.594 bits per heavy atom. The topological polar surface area (TPSA) is 70.6 Å². The lowest BCUT2D eigenvalue weighted by atomic mass is 10.0. The van der Waals surface area contributed by atoms with Gasteiger partial charge in [0, 0.05) is 11.3 Å². The summed E-state index contributed by atoms with van der Waals surface area (Å²) in [5.74, 6) is -1.63. The first-order valence-corrected chi connectivity index (χ1v) is 10.1. The van der Waals surface area contributed by atoms with Crippen molar-refractivity contribution in [2.24, 2.45) is 5.10 Å². The molecule has 0 aliphatic carbocycles. The molecule has 2 N–H and O–H groups in total. The van der Waals surface area contributed by atoms with Crippen LogP contribution >= 0.6 is 0 Å². The molecule has 4 rings (SSSR count). The first-order valence-electron chi connectivity index (χ1n) is 10.1. The molecule has 0 bridgehead atoms. The summed E-state index contributed by atoms with van der Waals surface area (Å²) in [7, 11) is 0. The molecule has 0 aliphatic rings. The van der Waals surface area contributed by atoms with E-state index < -0.39 is 11.8 Å². The minimum Gasteiger partial charge on any atom is -0.317 e. The average Bonchev–Trinajstić information content (AvgIpc) is 2.86. The normalized spacial score (nSPS) is 10.6. The van der Waals surface area contributed by atoms with E-state index in [9.17, 15) is 9.59 Å². The zero-order valence-electron chi connectivity index (χ0n) is 17.2. The summed E-state index contributed by atoms with van der Waals surface area (Å²) in [6.07, 6.45) is 1.50. The molecule has 0 unspecified atom stereocenters. The van der Waals surface area contributed by atoms with Crippen molar-refractivity contribution >= 4 is 23.7 Å². The Morgan fingerprint density at radius 3 is 1.84 bits per heavy atom. The number of nitrogens with one attached hydrogen (secondary N) is 2. The van der Waals surface area contributed by atoms with Gasteiger partial charge in [0.25, 0.3) is 0 Å². The highest BCUT2D eigenvalue weighted by atomic mass is 16.2. The van der Waals surface area contributed by atoms with Gasteiger partial charge in [0.1, 0.15) is 0 Å². The monoisotopic (exact) mass is 419 g/mol. The van der Waals surface area contributed by atoms with Gasteiger partial charge in [0.05, 0.1) is 6.21 Å². The Morgan fingerprint density at radius 2 is 1.16 bits per heavy atom. The number of hydrazone groups is 1. The third-order valence-corrected chi connectivity index (χ3v) is 4.86. The molecule has 32 heavy (non-hydrogen) atoms. The lowest BCUT2D eigenvalue weighted by molar-refractivity contribution is -0.136. The molecule has 0 fully saturated rings. The highest BCUT2D eigenvalue weighted by molar-refractivity contribution is 6.39. The van der Waals surface area contributed by atoms with Crippen LogP contribution in [-0.4, -0.2) is 18.0 Å². The van der Waals surface area contributed by atoms with Gasteiger partial charge in [-0.25, -0.2) is 5.43 Å². The molecule has 0 saturated heterocycles. The summed E-state index contributed by atoms with van der Waals surface area (Å²) >= 11 is 0. The Hall–Kier alpha value is -4.51. The van der Waals surface area contributed by atoms with E-state index in [4.69, 9.17) is 0 Å². The van der Waals surface area contributed by atoms with Crippen LogP contribution in [0.2, 0.25) is 0 Å². The van der Waals surface area contributed by atoms with E-state index in [0.29, 0.717) is 5.69 Å². The summed E-state index contributed by atoms with van der Waals surface area (Å²) in [6.45, 7) is 0. The number of anilines is 1. The van der Waals surface area contributed by atoms with Crippen LogP contribution in [0.15, 0.2) is 114 Å². The number of benzene rings is 4. The van der Waals surface area contributed by atoms with Gasteiger partial charge in [-0.05, 0) is 28.3 Å². The predicted molar refractivity (Wildman–Crippen MR) is 128 cm³/mol. The molecule has 0 heterocycles. The van der Waals surface area contributed by atoms with Gasteiger partial charge < -0.3 is 5.32 Å². The SMILES string of the molecule is O=C(N/N=C\c1ccc(-c2ccccc2)cc1)C(=O)Nc1ccccc1-c1ccccc1. The van der Waals surface area contributed by atoms with Gasteiger partial charge >= 0.3 is 11.8 Å². The minimum absolute atomic E-state index is 0.555. The van der Waals surface area contributed by atoms with Crippen LogP contribution in [0.4, 0.5) is 5.69 Å². The lowest BCUT2D eigenvalue weighted by Crippen LogP contribution is -2.32. The maximum atomic E-state index is 12.3. The van der Waals surface area contributed by atoms with Crippen LogP contribution in [0.1, 0.15) is 5.56 Å². The van der Waals surface area contributed by atoms with Gasteiger partial charge in [-0.2, -0.15) is 5.10 Å². The van der Waals surface area contributed by atoms with Crippen LogP contribution < -0.4 is 10.7 Å². The Bertz CT molecular complexity index is 1230. The smallest absolute Gasteiger partial charge is 0.317 e. The average molecular weight is 419 g/mol. The Labute approximate surface area is 186 Å². The Kier molecular flexibility index (Phi) is 6.48. The van der Waals surface area contributed by atoms with Crippen LogP contribution in [0.5, 0.6) is 0 Å². The molecule has 0 saturated carbocycles. The lowest BCUT2D eigenvalue weighted by Gasteiger charge is -2.10. The molecule has 0 aromatic heterocycles. The van der Waals surface area contributed by atoms with Crippen molar-refractivity contribution in [2.75, 3.05) is 5.32 Å². The van der Waals surface area contributed by atoms with Gasteiger partial charge in [0.2, 0.25) is 0 Å². The number of amides is 2. The second-order valence-corrected chi connectivity index (χ2v) is 7.05. The fourth-order valence-electron chi connectivity index (χ4n) is 3.25. The maximum absolute atomic E-state index is 12.3. The Balaban J connectivity index is 1.37. The van der Waals surface area contributed by atoms with E-state index in [1.165, 1.54) is 6.21 Å². The quantitative estimate of drug-likeness (QED) is 0.268. The second-order valence-electron chi connectivity index (χ2n) is 7.05. The van der Waals surface area contributed by atoms with Crippen molar-refractivity contribution in [3.8, 4) is 22.3 Å².